The molecule has 0 bridgehead atoms. The van der Waals surface area contributed by atoms with Crippen LogP contribution in [0.5, 0.6) is 5.75 Å². The van der Waals surface area contributed by atoms with E-state index in [-0.39, 0.29) is 11.5 Å². The van der Waals surface area contributed by atoms with Crippen molar-refractivity contribution in [1.82, 2.24) is 4.98 Å². The van der Waals surface area contributed by atoms with Crippen molar-refractivity contribution in [3.8, 4) is 5.75 Å². The molecule has 0 radical (unpaired) electrons. The first-order chi connectivity index (χ1) is 11.6. The van der Waals surface area contributed by atoms with Crippen LogP contribution >= 0.6 is 0 Å². The van der Waals surface area contributed by atoms with Crippen LogP contribution in [-0.4, -0.2) is 24.4 Å². The van der Waals surface area contributed by atoms with Gasteiger partial charge in [-0.3, -0.25) is 0 Å². The third-order valence-electron chi connectivity index (χ3n) is 3.68. The fourth-order valence-corrected chi connectivity index (χ4v) is 2.41. The van der Waals surface area contributed by atoms with E-state index in [2.05, 4.69) is 10.3 Å². The molecule has 0 spiro atoms. The number of ether oxygens (including phenoxy) is 3. The lowest BCUT2D eigenvalue weighted by molar-refractivity contribution is -0.0954. The van der Waals surface area contributed by atoms with Crippen LogP contribution in [0, 0.1) is 5.82 Å². The van der Waals surface area contributed by atoms with Crippen LogP contribution in [-0.2, 0) is 22.6 Å². The van der Waals surface area contributed by atoms with Gasteiger partial charge in [0.25, 0.3) is 0 Å². The van der Waals surface area contributed by atoms with Gasteiger partial charge >= 0.3 is 5.97 Å². The third kappa shape index (κ3) is 3.30. The van der Waals surface area contributed by atoms with Crippen molar-refractivity contribution in [3.63, 3.8) is 0 Å². The van der Waals surface area contributed by atoms with Gasteiger partial charge in [0.2, 0.25) is 0 Å². The van der Waals surface area contributed by atoms with Gasteiger partial charge in [-0.1, -0.05) is 0 Å². The number of carbonyl (C=O) groups is 1. The number of aromatic nitrogens is 1. The lowest BCUT2D eigenvalue weighted by Crippen LogP contribution is -2.26. The smallest absolute Gasteiger partial charge is 0.360 e. The highest BCUT2D eigenvalue weighted by molar-refractivity contribution is 5.91. The van der Waals surface area contributed by atoms with Crippen LogP contribution in [0.2, 0.25) is 0 Å². The lowest BCUT2D eigenvalue weighted by atomic mass is 10.1. The van der Waals surface area contributed by atoms with Crippen LogP contribution in [0.3, 0.4) is 0 Å². The number of methoxy groups -OCH3 is 1. The van der Waals surface area contributed by atoms with Gasteiger partial charge in [0.05, 0.1) is 13.7 Å². The summed E-state index contributed by atoms with van der Waals surface area (Å²) >= 11 is 0. The minimum atomic E-state index is -0.557. The second-order valence-electron chi connectivity index (χ2n) is 5.29. The molecule has 1 aromatic carbocycles. The first kappa shape index (κ1) is 16.2. The summed E-state index contributed by atoms with van der Waals surface area (Å²) in [7, 11) is 1.29. The summed E-state index contributed by atoms with van der Waals surface area (Å²) in [5, 5.41) is 3.18. The van der Waals surface area contributed by atoms with Gasteiger partial charge in [0.15, 0.2) is 17.7 Å². The van der Waals surface area contributed by atoms with E-state index in [1.165, 1.54) is 19.2 Å². The molecule has 0 fully saturated rings. The highest BCUT2D eigenvalue weighted by Gasteiger charge is 2.27. The quantitative estimate of drug-likeness (QED) is 0.868. The zero-order valence-corrected chi connectivity index (χ0v) is 13.3. The van der Waals surface area contributed by atoms with Crippen molar-refractivity contribution in [2.24, 2.45) is 0 Å². The summed E-state index contributed by atoms with van der Waals surface area (Å²) in [6.45, 7) is 2.49. The van der Waals surface area contributed by atoms with Gasteiger partial charge in [-0.15, -0.1) is 0 Å². The molecule has 1 aliphatic heterocycles. The Kier molecular flexibility index (Phi) is 4.61. The molecule has 0 saturated heterocycles. The standard InChI is InChI=1S/C17H17FN2O4/c1-10-23-9-14-11(7-19-13-5-3-12(18)4-6-13)8-20-15(16(14)24-10)17(21)22-2/h3-6,8,10,19H,7,9H2,1-2H3. The molecule has 24 heavy (non-hydrogen) atoms. The Labute approximate surface area is 138 Å². The topological polar surface area (TPSA) is 69.7 Å². The first-order valence-corrected chi connectivity index (χ1v) is 7.45. The fraction of sp³-hybridized carbons (Fsp3) is 0.294. The zero-order chi connectivity index (χ0) is 17.1. The number of anilines is 1. The Morgan fingerprint density at radius 3 is 2.88 bits per heavy atom. The van der Waals surface area contributed by atoms with Crippen molar-refractivity contribution < 1.29 is 23.4 Å². The molecule has 126 valence electrons. The van der Waals surface area contributed by atoms with E-state index < -0.39 is 12.3 Å². The molecule has 1 atom stereocenters. The van der Waals surface area contributed by atoms with Gasteiger partial charge in [0.1, 0.15) is 5.82 Å². The molecule has 2 aromatic rings. The summed E-state index contributed by atoms with van der Waals surface area (Å²) in [6.07, 6.45) is 1.12. The average molecular weight is 332 g/mol. The van der Waals surface area contributed by atoms with Gasteiger partial charge in [-0.2, -0.15) is 0 Å². The molecule has 1 aromatic heterocycles. The maximum atomic E-state index is 13.0. The van der Waals surface area contributed by atoms with Crippen LogP contribution in [0.4, 0.5) is 10.1 Å². The predicted octanol–water partition coefficient (Wildman–Crippen LogP) is 2.87. The van der Waals surface area contributed by atoms with Crippen molar-refractivity contribution in [2.75, 3.05) is 12.4 Å². The SMILES string of the molecule is COC(=O)c1ncc(CNc2ccc(F)cc2)c2c1OC(C)OC2. The van der Waals surface area contributed by atoms with Crippen LogP contribution in [0.1, 0.15) is 28.5 Å². The van der Waals surface area contributed by atoms with Crippen molar-refractivity contribution >= 4 is 11.7 Å². The predicted molar refractivity (Wildman–Crippen MR) is 84.2 cm³/mol. The van der Waals surface area contributed by atoms with Crippen LogP contribution in [0.25, 0.3) is 0 Å². The maximum Gasteiger partial charge on any atom is 0.360 e. The molecular weight excluding hydrogens is 315 g/mol. The van der Waals surface area contributed by atoms with Crippen molar-refractivity contribution in [2.45, 2.75) is 26.4 Å². The third-order valence-corrected chi connectivity index (χ3v) is 3.68. The second kappa shape index (κ2) is 6.84. The summed E-state index contributed by atoms with van der Waals surface area (Å²) in [5.41, 5.74) is 2.48. The highest BCUT2D eigenvalue weighted by atomic mass is 19.1. The average Bonchev–Trinajstić information content (AvgIpc) is 2.60. The number of carbonyl (C=O) groups excluding carboxylic acids is 1. The molecule has 1 aliphatic rings. The molecule has 1 unspecified atom stereocenters. The summed E-state index contributed by atoms with van der Waals surface area (Å²) in [6, 6.07) is 6.05. The first-order valence-electron chi connectivity index (χ1n) is 7.45. The van der Waals surface area contributed by atoms with Crippen molar-refractivity contribution in [1.29, 1.82) is 0 Å². The maximum absolute atomic E-state index is 13.0. The number of hydrogen-bond donors (Lipinski definition) is 1. The molecule has 0 aliphatic carbocycles. The van der Waals surface area contributed by atoms with Gasteiger partial charge in [-0.05, 0) is 36.8 Å². The summed E-state index contributed by atoms with van der Waals surface area (Å²) in [4.78, 5) is 16.0. The van der Waals surface area contributed by atoms with E-state index >= 15 is 0 Å². The van der Waals surface area contributed by atoms with Crippen LogP contribution < -0.4 is 10.1 Å². The molecule has 1 N–H and O–H groups in total. The number of hydrogen-bond acceptors (Lipinski definition) is 6. The van der Waals surface area contributed by atoms with E-state index in [1.54, 1.807) is 25.3 Å². The molecule has 7 heteroatoms. The number of fused-ring (bicyclic) bond motifs is 1. The Morgan fingerprint density at radius 1 is 1.42 bits per heavy atom. The van der Waals surface area contributed by atoms with E-state index in [0.717, 1.165) is 16.8 Å². The minimum absolute atomic E-state index is 0.133. The second-order valence-corrected chi connectivity index (χ2v) is 5.29. The van der Waals surface area contributed by atoms with E-state index in [0.29, 0.717) is 18.9 Å². The summed E-state index contributed by atoms with van der Waals surface area (Å²) < 4.78 is 28.8. The Hall–Kier alpha value is -2.67. The monoisotopic (exact) mass is 332 g/mol. The molecule has 6 nitrogen and oxygen atoms in total. The Balaban J connectivity index is 1.87. The number of nitrogens with zero attached hydrogens (tertiary/aromatic N) is 1. The van der Waals surface area contributed by atoms with E-state index in [4.69, 9.17) is 14.2 Å². The largest absolute Gasteiger partial charge is 0.464 e. The van der Waals surface area contributed by atoms with Crippen molar-refractivity contribution in [3.05, 3.63) is 53.1 Å². The number of halogens is 1. The normalized spacial score (nSPS) is 16.0. The Morgan fingerprint density at radius 2 is 2.17 bits per heavy atom. The number of benzene rings is 1. The number of nitrogens with one attached hydrogen (secondary N) is 1. The zero-order valence-electron chi connectivity index (χ0n) is 13.3. The summed E-state index contributed by atoms with van der Waals surface area (Å²) in [5.74, 6) is -0.463. The molecule has 3 rings (SSSR count). The number of pyridine rings is 1. The van der Waals surface area contributed by atoms with Gasteiger partial charge < -0.3 is 19.5 Å². The molecule has 0 amide bonds. The lowest BCUT2D eigenvalue weighted by Gasteiger charge is -2.26. The minimum Gasteiger partial charge on any atom is -0.464 e. The fourth-order valence-electron chi connectivity index (χ4n) is 2.41. The highest BCUT2D eigenvalue weighted by Crippen LogP contribution is 2.32. The van der Waals surface area contributed by atoms with E-state index in [9.17, 15) is 9.18 Å². The number of rotatable bonds is 4. The van der Waals surface area contributed by atoms with E-state index in [1.807, 2.05) is 0 Å². The number of esters is 1. The van der Waals surface area contributed by atoms with Crippen LogP contribution in [0.15, 0.2) is 30.5 Å². The molecule has 2 heterocycles. The molecule has 0 saturated carbocycles. The van der Waals surface area contributed by atoms with Gasteiger partial charge in [-0.25, -0.2) is 14.2 Å². The van der Waals surface area contributed by atoms with Gasteiger partial charge in [0, 0.05) is 24.0 Å². The molecular formula is C17H17FN2O4. The Bertz CT molecular complexity index is 749.